The van der Waals surface area contributed by atoms with Crippen LogP contribution in [-0.2, 0) is 30.4 Å². The summed E-state index contributed by atoms with van der Waals surface area (Å²) in [7, 11) is 3.43. The Morgan fingerprint density at radius 1 is 0.794 bits per heavy atom. The lowest BCUT2D eigenvalue weighted by atomic mass is 10.00. The first-order valence-electron chi connectivity index (χ1n) is 19.9. The Labute approximate surface area is 379 Å². The van der Waals surface area contributed by atoms with Crippen LogP contribution in [0.25, 0.3) is 11.1 Å². The van der Waals surface area contributed by atoms with Crippen molar-refractivity contribution in [1.29, 1.82) is 0 Å². The molecule has 0 saturated heterocycles. The molecule has 0 saturated carbocycles. The van der Waals surface area contributed by atoms with Gasteiger partial charge in [0.15, 0.2) is 0 Å². The lowest BCUT2D eigenvalue weighted by molar-refractivity contribution is -0.149. The summed E-state index contributed by atoms with van der Waals surface area (Å²) in [6.07, 6.45) is -1.25. The molecule has 5 N–H and O–H groups in total. The molecule has 1 aliphatic heterocycles. The van der Waals surface area contributed by atoms with Crippen molar-refractivity contribution in [2.75, 3.05) is 19.7 Å². The molecule has 4 aromatic rings. The zero-order chi connectivity index (χ0) is 46.0. The highest BCUT2D eigenvalue weighted by Gasteiger charge is 2.38. The molecule has 2 atom stereocenters. The van der Waals surface area contributed by atoms with Crippen LogP contribution in [0.4, 0.5) is 15.3 Å². The number of fused-ring (bicyclic) bond motifs is 1. The van der Waals surface area contributed by atoms with E-state index in [0.29, 0.717) is 41.2 Å². The second-order valence-electron chi connectivity index (χ2n) is 16.4. The minimum Gasteiger partial charge on any atom is -0.493 e. The molecule has 0 aromatic heterocycles. The number of benzene rings is 4. The summed E-state index contributed by atoms with van der Waals surface area (Å²) in [5, 5.41) is 11.6. The van der Waals surface area contributed by atoms with Gasteiger partial charge in [-0.05, 0) is 88.6 Å². The normalized spacial score (nSPS) is 14.3. The van der Waals surface area contributed by atoms with Gasteiger partial charge in [-0.15, -0.1) is 0 Å². The largest absolute Gasteiger partial charge is 0.493 e. The predicted octanol–water partition coefficient (Wildman–Crippen LogP) is 7.26. The maximum Gasteiger partial charge on any atom is 0.414 e. The van der Waals surface area contributed by atoms with E-state index < -0.39 is 58.9 Å². The standard InChI is InChI=1S/C45H49Cl2N6O9Si/c1-43(2,3)61-41(57)51-40(52-42(58)62-44(4,5)6)50-30-17-18-35-31(23-30)34(19-20-59-35)48-24-36(54)49-26-45(63,39(56)60-25-27-13-9-7-10-14-27)53-38(55)37-32(46)21-29(22-33(37)47)28-15-11-8-12-16-28/h7-18,21-23,34,48H,19-20,24-26H2,1-6H3,(H,49,54)(H,53,55)(H2,50,51,52,57,58)/t34-,45+/m1/s1. The van der Waals surface area contributed by atoms with Crippen LogP contribution in [0.15, 0.2) is 96.0 Å². The molecule has 5 rings (SSSR count). The second-order valence-corrected chi connectivity index (χ2v) is 18.1. The van der Waals surface area contributed by atoms with Gasteiger partial charge in [0.05, 0.1) is 44.7 Å². The van der Waals surface area contributed by atoms with E-state index in [2.05, 4.69) is 41.8 Å². The Morgan fingerprint density at radius 2 is 1.38 bits per heavy atom. The Morgan fingerprint density at radius 3 is 1.97 bits per heavy atom. The lowest BCUT2D eigenvalue weighted by Crippen LogP contribution is -2.62. The number of halogens is 2. The van der Waals surface area contributed by atoms with Crippen molar-refractivity contribution in [3.63, 3.8) is 0 Å². The summed E-state index contributed by atoms with van der Waals surface area (Å²) < 4.78 is 22.2. The van der Waals surface area contributed by atoms with E-state index in [0.717, 1.165) is 5.56 Å². The first-order valence-corrected chi connectivity index (χ1v) is 21.1. The predicted molar refractivity (Wildman–Crippen MR) is 240 cm³/mol. The number of hydrogen-bond acceptors (Lipinski definition) is 11. The van der Waals surface area contributed by atoms with Gasteiger partial charge >= 0.3 is 18.2 Å². The Bertz CT molecular complexity index is 2280. The number of esters is 1. The molecule has 63 heavy (non-hydrogen) atoms. The summed E-state index contributed by atoms with van der Waals surface area (Å²) in [5.41, 5.74) is 1.43. The zero-order valence-corrected chi connectivity index (χ0v) is 38.2. The zero-order valence-electron chi connectivity index (χ0n) is 35.7. The molecule has 0 aliphatic carbocycles. The van der Waals surface area contributed by atoms with E-state index in [1.165, 1.54) is 0 Å². The number of nitrogens with zero attached hydrogens (tertiary/aromatic N) is 1. The van der Waals surface area contributed by atoms with Crippen LogP contribution < -0.4 is 31.3 Å². The van der Waals surface area contributed by atoms with E-state index in [1.807, 2.05) is 36.4 Å². The first-order chi connectivity index (χ1) is 29.7. The molecular formula is C45H49Cl2N6O9Si. The van der Waals surface area contributed by atoms with Crippen LogP contribution in [0.2, 0.25) is 10.0 Å². The SMILES string of the molecule is CC(C)(C)OC(=O)NC(=Nc1ccc2c(c1)[C@H](NCC(=O)NC[C@@]([Si])(NC(=O)c1c(Cl)cc(-c3ccccc3)cc1Cl)C(=O)OCc1ccccc1)CCO2)NC(=O)OC(C)(C)C. The molecule has 4 amide bonds. The maximum absolute atomic E-state index is 13.8. The van der Waals surface area contributed by atoms with Crippen LogP contribution in [0.3, 0.4) is 0 Å². The Kier molecular flexibility index (Phi) is 16.0. The highest BCUT2D eigenvalue weighted by Crippen LogP contribution is 2.35. The third-order valence-corrected chi connectivity index (χ3v) is 9.94. The maximum atomic E-state index is 13.8. The molecule has 4 aromatic carbocycles. The monoisotopic (exact) mass is 915 g/mol. The van der Waals surface area contributed by atoms with Gasteiger partial charge in [0, 0.05) is 24.6 Å². The van der Waals surface area contributed by atoms with Crippen molar-refractivity contribution in [3.8, 4) is 16.9 Å². The molecule has 0 unspecified atom stereocenters. The van der Waals surface area contributed by atoms with E-state index in [9.17, 15) is 24.0 Å². The average Bonchev–Trinajstić information content (AvgIpc) is 3.20. The minimum atomic E-state index is -1.97. The van der Waals surface area contributed by atoms with Gasteiger partial charge < -0.3 is 34.9 Å². The summed E-state index contributed by atoms with van der Waals surface area (Å²) in [5.74, 6) is -1.95. The van der Waals surface area contributed by atoms with E-state index in [4.69, 9.17) is 42.1 Å². The van der Waals surface area contributed by atoms with Crippen LogP contribution in [0.5, 0.6) is 5.75 Å². The van der Waals surface area contributed by atoms with Crippen LogP contribution in [0.1, 0.15) is 75.5 Å². The van der Waals surface area contributed by atoms with Crippen molar-refractivity contribution >= 4 is 75.1 Å². The van der Waals surface area contributed by atoms with Gasteiger partial charge in [-0.3, -0.25) is 20.2 Å². The van der Waals surface area contributed by atoms with Gasteiger partial charge in [0.25, 0.3) is 5.91 Å². The fraction of sp³-hybridized carbons (Fsp3) is 0.333. The Balaban J connectivity index is 1.30. The smallest absolute Gasteiger partial charge is 0.414 e. The van der Waals surface area contributed by atoms with Crippen molar-refractivity contribution in [2.24, 2.45) is 4.99 Å². The highest BCUT2D eigenvalue weighted by molar-refractivity contribution is 6.40. The van der Waals surface area contributed by atoms with Crippen molar-refractivity contribution in [3.05, 3.63) is 118 Å². The Hall–Kier alpha value is -5.94. The number of rotatable bonds is 12. The lowest BCUT2D eigenvalue weighted by Gasteiger charge is -2.30. The number of alkyl carbamates (subject to hydrolysis) is 2. The van der Waals surface area contributed by atoms with Crippen molar-refractivity contribution in [2.45, 2.75) is 77.0 Å². The third kappa shape index (κ3) is 14.6. The molecule has 1 heterocycles. The number of hydrogen-bond donors (Lipinski definition) is 5. The number of carbonyl (C=O) groups excluding carboxylic acids is 5. The van der Waals surface area contributed by atoms with Gasteiger partial charge in [0.1, 0.15) is 28.7 Å². The number of ether oxygens (including phenoxy) is 4. The average molecular weight is 917 g/mol. The molecule has 1 aliphatic rings. The molecule has 331 valence electrons. The van der Waals surface area contributed by atoms with Crippen molar-refractivity contribution in [1.82, 2.24) is 26.6 Å². The first kappa shape index (κ1) is 48.1. The van der Waals surface area contributed by atoms with Crippen LogP contribution >= 0.6 is 23.2 Å². The fourth-order valence-electron chi connectivity index (χ4n) is 6.05. The summed E-state index contributed by atoms with van der Waals surface area (Å²) >= 11 is 13.2. The molecular weight excluding hydrogens is 868 g/mol. The number of aliphatic imine (C=N–C) groups is 1. The molecule has 18 heteroatoms. The highest BCUT2D eigenvalue weighted by atomic mass is 35.5. The third-order valence-electron chi connectivity index (χ3n) is 8.84. The van der Waals surface area contributed by atoms with E-state index in [-0.39, 0.29) is 34.7 Å². The fourth-order valence-corrected chi connectivity index (χ4v) is 6.98. The molecule has 0 spiro atoms. The number of carbonyl (C=O) groups is 5. The molecule has 3 radical (unpaired) electrons. The molecule has 0 fully saturated rings. The quantitative estimate of drug-likeness (QED) is 0.0317. The molecule has 0 bridgehead atoms. The summed E-state index contributed by atoms with van der Waals surface area (Å²) in [6, 6.07) is 26.0. The van der Waals surface area contributed by atoms with Crippen LogP contribution in [0, 0.1) is 0 Å². The van der Waals surface area contributed by atoms with Crippen molar-refractivity contribution < 1.29 is 42.9 Å². The van der Waals surface area contributed by atoms with Gasteiger partial charge in [-0.2, -0.15) is 0 Å². The summed E-state index contributed by atoms with van der Waals surface area (Å²) in [6.45, 7) is 9.70. The topological polar surface area (TPSA) is 195 Å². The second kappa shape index (κ2) is 21.0. The minimum absolute atomic E-state index is 0.0409. The number of guanidine groups is 1. The van der Waals surface area contributed by atoms with Gasteiger partial charge in [0.2, 0.25) is 11.9 Å². The van der Waals surface area contributed by atoms with E-state index in [1.54, 1.807) is 96.1 Å². The van der Waals surface area contributed by atoms with Gasteiger partial charge in [-0.25, -0.2) is 19.4 Å². The van der Waals surface area contributed by atoms with E-state index >= 15 is 0 Å². The van der Waals surface area contributed by atoms with Gasteiger partial charge in [-0.1, -0.05) is 83.9 Å². The number of amides is 4. The molecule has 15 nitrogen and oxygen atoms in total. The van der Waals surface area contributed by atoms with Crippen LogP contribution in [-0.4, -0.2) is 82.2 Å². The number of nitrogens with one attached hydrogen (secondary N) is 5. The summed E-state index contributed by atoms with van der Waals surface area (Å²) in [4.78, 5) is 70.8.